The highest BCUT2D eigenvalue weighted by Gasteiger charge is 2.48. The van der Waals surface area contributed by atoms with Gasteiger partial charge in [-0.2, -0.15) is 8.42 Å². The molecule has 0 heterocycles. The molecule has 1 aliphatic carbocycles. The van der Waals surface area contributed by atoms with E-state index in [1.807, 2.05) is 18.7 Å². The molecule has 0 bridgehead atoms. The van der Waals surface area contributed by atoms with E-state index in [0.717, 1.165) is 12.8 Å². The standard InChI is InChI=1S/C9H19NO3S/c1-3-10(4-2)9(14(11,12)13)7-5-6-8-9/h3-8H2,1-2H3,(H,11,12,13). The van der Waals surface area contributed by atoms with Crippen LogP contribution in [0.5, 0.6) is 0 Å². The molecule has 0 aliphatic heterocycles. The molecule has 0 aromatic carbocycles. The molecule has 84 valence electrons. The van der Waals surface area contributed by atoms with Crippen LogP contribution >= 0.6 is 0 Å². The van der Waals surface area contributed by atoms with Crippen molar-refractivity contribution in [1.29, 1.82) is 0 Å². The van der Waals surface area contributed by atoms with E-state index in [2.05, 4.69) is 0 Å². The normalized spacial score (nSPS) is 21.7. The maximum atomic E-state index is 11.4. The number of hydrogen-bond donors (Lipinski definition) is 1. The summed E-state index contributed by atoms with van der Waals surface area (Å²) in [6.45, 7) is 5.18. The first-order valence-electron chi connectivity index (χ1n) is 5.20. The Hall–Kier alpha value is -0.130. The molecule has 0 saturated heterocycles. The highest BCUT2D eigenvalue weighted by atomic mass is 32.2. The smallest absolute Gasteiger partial charge is 0.284 e. The summed E-state index contributed by atoms with van der Waals surface area (Å²) >= 11 is 0. The van der Waals surface area contributed by atoms with Gasteiger partial charge in [-0.05, 0) is 25.9 Å². The Bertz CT molecular complexity index is 276. The zero-order chi connectivity index (χ0) is 10.8. The molecule has 0 unspecified atom stereocenters. The van der Waals surface area contributed by atoms with Crippen LogP contribution < -0.4 is 0 Å². The quantitative estimate of drug-likeness (QED) is 0.731. The minimum Gasteiger partial charge on any atom is -0.284 e. The summed E-state index contributed by atoms with van der Waals surface area (Å²) in [5, 5.41) is 0. The monoisotopic (exact) mass is 221 g/mol. The maximum Gasteiger partial charge on any atom is 0.284 e. The Labute approximate surface area is 86.0 Å². The maximum absolute atomic E-state index is 11.4. The fourth-order valence-corrected chi connectivity index (χ4v) is 3.85. The first-order chi connectivity index (χ1) is 6.48. The summed E-state index contributed by atoms with van der Waals surface area (Å²) in [5.41, 5.74) is 0. The third-order valence-electron chi connectivity index (χ3n) is 3.20. The topological polar surface area (TPSA) is 57.6 Å². The van der Waals surface area contributed by atoms with Gasteiger partial charge in [-0.3, -0.25) is 9.45 Å². The Morgan fingerprint density at radius 3 is 1.93 bits per heavy atom. The van der Waals surface area contributed by atoms with Crippen LogP contribution in [-0.4, -0.2) is 35.8 Å². The molecular formula is C9H19NO3S. The largest absolute Gasteiger partial charge is 0.284 e. The van der Waals surface area contributed by atoms with Gasteiger partial charge in [0.15, 0.2) is 0 Å². The fraction of sp³-hybridized carbons (Fsp3) is 1.00. The highest BCUT2D eigenvalue weighted by molar-refractivity contribution is 7.87. The van der Waals surface area contributed by atoms with Crippen LogP contribution in [0.1, 0.15) is 39.5 Å². The Morgan fingerprint density at radius 1 is 1.21 bits per heavy atom. The van der Waals surface area contributed by atoms with Crippen molar-refractivity contribution in [3.05, 3.63) is 0 Å². The third kappa shape index (κ3) is 1.81. The van der Waals surface area contributed by atoms with Crippen molar-refractivity contribution in [2.24, 2.45) is 0 Å². The van der Waals surface area contributed by atoms with E-state index in [-0.39, 0.29) is 0 Å². The minimum atomic E-state index is -3.96. The van der Waals surface area contributed by atoms with Gasteiger partial charge in [0.2, 0.25) is 0 Å². The molecular weight excluding hydrogens is 202 g/mol. The Morgan fingerprint density at radius 2 is 1.64 bits per heavy atom. The molecule has 1 saturated carbocycles. The second-order valence-electron chi connectivity index (χ2n) is 3.80. The van der Waals surface area contributed by atoms with Gasteiger partial charge in [0.05, 0.1) is 0 Å². The van der Waals surface area contributed by atoms with E-state index in [4.69, 9.17) is 0 Å². The molecule has 0 aromatic rings. The minimum absolute atomic E-state index is 0.563. The lowest BCUT2D eigenvalue weighted by molar-refractivity contribution is 0.166. The van der Waals surface area contributed by atoms with Gasteiger partial charge in [-0.15, -0.1) is 0 Å². The second-order valence-corrected chi connectivity index (χ2v) is 5.51. The van der Waals surface area contributed by atoms with Gasteiger partial charge < -0.3 is 0 Å². The summed E-state index contributed by atoms with van der Waals surface area (Å²) in [6.07, 6.45) is 2.90. The van der Waals surface area contributed by atoms with Crippen molar-refractivity contribution < 1.29 is 13.0 Å². The van der Waals surface area contributed by atoms with Gasteiger partial charge >= 0.3 is 0 Å². The van der Waals surface area contributed by atoms with E-state index in [0.29, 0.717) is 25.9 Å². The molecule has 1 N–H and O–H groups in total. The van der Waals surface area contributed by atoms with Crippen molar-refractivity contribution in [3.63, 3.8) is 0 Å². The molecule has 14 heavy (non-hydrogen) atoms. The molecule has 0 amide bonds. The predicted octanol–water partition coefficient (Wildman–Crippen LogP) is 1.49. The third-order valence-corrected chi connectivity index (χ3v) is 4.83. The zero-order valence-corrected chi connectivity index (χ0v) is 9.68. The predicted molar refractivity (Wildman–Crippen MR) is 55.7 cm³/mol. The Balaban J connectivity index is 3.04. The van der Waals surface area contributed by atoms with E-state index in [1.54, 1.807) is 0 Å². The van der Waals surface area contributed by atoms with Crippen molar-refractivity contribution in [2.75, 3.05) is 13.1 Å². The SMILES string of the molecule is CCN(CC)C1(S(=O)(=O)O)CCCC1. The lowest BCUT2D eigenvalue weighted by Gasteiger charge is -2.37. The van der Waals surface area contributed by atoms with E-state index < -0.39 is 15.0 Å². The fourth-order valence-electron chi connectivity index (χ4n) is 2.46. The van der Waals surface area contributed by atoms with Gasteiger partial charge in [0.25, 0.3) is 10.1 Å². The van der Waals surface area contributed by atoms with Gasteiger partial charge in [0, 0.05) is 0 Å². The van der Waals surface area contributed by atoms with Gasteiger partial charge in [0.1, 0.15) is 4.87 Å². The van der Waals surface area contributed by atoms with E-state index >= 15 is 0 Å². The van der Waals surface area contributed by atoms with E-state index in [1.165, 1.54) is 0 Å². The first kappa shape index (κ1) is 11.9. The van der Waals surface area contributed by atoms with Crippen LogP contribution in [0, 0.1) is 0 Å². The zero-order valence-electron chi connectivity index (χ0n) is 8.86. The molecule has 5 heteroatoms. The lowest BCUT2D eigenvalue weighted by Crippen LogP contribution is -2.52. The highest BCUT2D eigenvalue weighted by Crippen LogP contribution is 2.39. The molecule has 1 fully saturated rings. The number of rotatable bonds is 4. The van der Waals surface area contributed by atoms with Crippen molar-refractivity contribution >= 4 is 10.1 Å². The molecule has 0 radical (unpaired) electrons. The van der Waals surface area contributed by atoms with Crippen LogP contribution in [0.3, 0.4) is 0 Å². The van der Waals surface area contributed by atoms with Crippen LogP contribution in [0.2, 0.25) is 0 Å². The average Bonchev–Trinajstić information content (AvgIpc) is 2.55. The van der Waals surface area contributed by atoms with E-state index in [9.17, 15) is 13.0 Å². The van der Waals surface area contributed by atoms with Gasteiger partial charge in [-0.25, -0.2) is 0 Å². The Kier molecular flexibility index (Phi) is 3.55. The van der Waals surface area contributed by atoms with Crippen LogP contribution in [0.4, 0.5) is 0 Å². The van der Waals surface area contributed by atoms with Crippen molar-refractivity contribution in [3.8, 4) is 0 Å². The van der Waals surface area contributed by atoms with Crippen LogP contribution in [0.15, 0.2) is 0 Å². The summed E-state index contributed by atoms with van der Waals surface area (Å²) < 4.78 is 32.2. The van der Waals surface area contributed by atoms with Crippen LogP contribution in [-0.2, 0) is 10.1 Å². The molecule has 1 rings (SSSR count). The van der Waals surface area contributed by atoms with Gasteiger partial charge in [-0.1, -0.05) is 26.7 Å². The molecule has 4 nitrogen and oxygen atoms in total. The molecule has 0 atom stereocenters. The van der Waals surface area contributed by atoms with Crippen molar-refractivity contribution in [1.82, 2.24) is 4.90 Å². The second kappa shape index (κ2) is 4.16. The first-order valence-corrected chi connectivity index (χ1v) is 6.64. The summed E-state index contributed by atoms with van der Waals surface area (Å²) in [4.78, 5) is 0.867. The molecule has 0 spiro atoms. The average molecular weight is 221 g/mol. The number of nitrogens with zero attached hydrogens (tertiary/aromatic N) is 1. The molecule has 1 aliphatic rings. The van der Waals surface area contributed by atoms with Crippen LogP contribution in [0.25, 0.3) is 0 Å². The lowest BCUT2D eigenvalue weighted by atomic mass is 10.2. The summed E-state index contributed by atoms with van der Waals surface area (Å²) in [5.74, 6) is 0. The van der Waals surface area contributed by atoms with Crippen molar-refractivity contribution in [2.45, 2.75) is 44.4 Å². The number of hydrogen-bond acceptors (Lipinski definition) is 3. The summed E-state index contributed by atoms with van der Waals surface area (Å²) in [7, 11) is -3.96. The summed E-state index contributed by atoms with van der Waals surface area (Å²) in [6, 6.07) is 0. The molecule has 0 aromatic heterocycles.